The number of benzene rings is 3. The molecule has 4 fully saturated rings. The minimum atomic E-state index is -4.40. The standard InChI is InChI=1S/C30H31FN4O5S/c31-23-5-7-25(26(32)12-23)21-1-3-22(4-2-21)29(36)34-41(39,40)24-6-8-27(28(13-24)35(37)38)33-17-30-14-18-9-19(15-30)11-20(10-18)16-30/h1-8,12-13,18-20,33H,9-11,14-17,32H2,(H,34,36). The highest BCUT2D eigenvalue weighted by molar-refractivity contribution is 7.90. The first kappa shape index (κ1) is 27.2. The van der Waals surface area contributed by atoms with Crippen molar-refractivity contribution in [1.82, 2.24) is 4.72 Å². The van der Waals surface area contributed by atoms with E-state index >= 15 is 0 Å². The number of carbonyl (C=O) groups excluding carboxylic acids is 1. The zero-order valence-corrected chi connectivity index (χ0v) is 23.1. The molecule has 0 unspecified atom stereocenters. The molecule has 0 aliphatic heterocycles. The Hall–Kier alpha value is -3.99. The first-order valence-corrected chi connectivity index (χ1v) is 15.2. The van der Waals surface area contributed by atoms with Gasteiger partial charge in [0.2, 0.25) is 0 Å². The first-order valence-electron chi connectivity index (χ1n) is 13.8. The Labute approximate surface area is 237 Å². The molecule has 3 aromatic rings. The quantitative estimate of drug-likeness (QED) is 0.176. The fourth-order valence-corrected chi connectivity index (χ4v) is 8.60. The van der Waals surface area contributed by atoms with Crippen molar-refractivity contribution >= 4 is 33.0 Å². The van der Waals surface area contributed by atoms with Gasteiger partial charge in [-0.3, -0.25) is 14.9 Å². The molecule has 4 aliphatic carbocycles. The molecule has 0 radical (unpaired) electrons. The fraction of sp³-hybridized carbons (Fsp3) is 0.367. The summed E-state index contributed by atoms with van der Waals surface area (Å²) < 4.78 is 41.4. The van der Waals surface area contributed by atoms with Crippen molar-refractivity contribution < 1.29 is 22.5 Å². The second-order valence-corrected chi connectivity index (χ2v) is 13.6. The van der Waals surface area contributed by atoms with Crippen LogP contribution < -0.4 is 15.8 Å². The van der Waals surface area contributed by atoms with Crippen LogP contribution in [0.2, 0.25) is 0 Å². The van der Waals surface area contributed by atoms with Crippen molar-refractivity contribution in [3.05, 3.63) is 82.2 Å². The molecule has 4 N–H and O–H groups in total. The molecule has 4 saturated carbocycles. The van der Waals surface area contributed by atoms with Gasteiger partial charge in [0.05, 0.1) is 9.82 Å². The Morgan fingerprint density at radius 2 is 1.61 bits per heavy atom. The Kier molecular flexibility index (Phi) is 6.72. The van der Waals surface area contributed by atoms with Crippen LogP contribution in [0.5, 0.6) is 0 Å². The van der Waals surface area contributed by atoms with Gasteiger partial charge >= 0.3 is 0 Å². The van der Waals surface area contributed by atoms with Crippen LogP contribution in [0.3, 0.4) is 0 Å². The van der Waals surface area contributed by atoms with Gasteiger partial charge in [-0.15, -0.1) is 0 Å². The van der Waals surface area contributed by atoms with E-state index in [1.807, 2.05) is 4.72 Å². The number of hydrogen-bond donors (Lipinski definition) is 3. The molecule has 1 amide bonds. The van der Waals surface area contributed by atoms with Crippen molar-refractivity contribution in [3.63, 3.8) is 0 Å². The second-order valence-electron chi connectivity index (χ2n) is 12.0. The van der Waals surface area contributed by atoms with E-state index < -0.39 is 26.7 Å². The SMILES string of the molecule is Nc1cc(F)ccc1-c1ccc(C(=O)NS(=O)(=O)c2ccc(NCC34CC5CC(CC(C5)C3)C4)c([N+](=O)[O-])c2)cc1. The topological polar surface area (TPSA) is 144 Å². The molecule has 11 heteroatoms. The number of nitro benzene ring substituents is 1. The normalized spacial score (nSPS) is 24.7. The maximum Gasteiger partial charge on any atom is 0.293 e. The van der Waals surface area contributed by atoms with E-state index in [1.54, 1.807) is 12.1 Å². The zero-order chi connectivity index (χ0) is 28.9. The average molecular weight is 579 g/mol. The fourth-order valence-electron chi connectivity index (χ4n) is 7.61. The molecule has 3 aromatic carbocycles. The molecule has 0 spiro atoms. The number of nitrogens with two attached hydrogens (primary N) is 1. The number of nitrogen functional groups attached to an aromatic ring is 1. The number of sulfonamides is 1. The van der Waals surface area contributed by atoms with Gasteiger partial charge in [0.25, 0.3) is 21.6 Å². The summed E-state index contributed by atoms with van der Waals surface area (Å²) in [5.74, 6) is 0.860. The van der Waals surface area contributed by atoms with E-state index in [2.05, 4.69) is 5.32 Å². The van der Waals surface area contributed by atoms with E-state index in [0.29, 0.717) is 17.7 Å². The molecule has 214 valence electrons. The van der Waals surface area contributed by atoms with Gasteiger partial charge in [-0.2, -0.15) is 0 Å². The lowest BCUT2D eigenvalue weighted by Crippen LogP contribution is -2.49. The largest absolute Gasteiger partial charge is 0.398 e. The number of rotatable bonds is 8. The molecule has 0 aromatic heterocycles. The number of halogens is 1. The third-order valence-electron chi connectivity index (χ3n) is 8.99. The van der Waals surface area contributed by atoms with Crippen molar-refractivity contribution in [2.75, 3.05) is 17.6 Å². The molecule has 41 heavy (non-hydrogen) atoms. The maximum absolute atomic E-state index is 13.4. The zero-order valence-electron chi connectivity index (χ0n) is 22.3. The molecule has 4 aliphatic rings. The van der Waals surface area contributed by atoms with E-state index in [4.69, 9.17) is 5.73 Å². The summed E-state index contributed by atoms with van der Waals surface area (Å²) in [6.07, 6.45) is 7.30. The predicted octanol–water partition coefficient (Wildman–Crippen LogP) is 5.73. The second kappa shape index (κ2) is 10.1. The maximum atomic E-state index is 13.4. The van der Waals surface area contributed by atoms with Crippen LogP contribution in [0, 0.1) is 39.1 Å². The lowest BCUT2D eigenvalue weighted by atomic mass is 9.49. The minimum absolute atomic E-state index is 0.0568. The number of nitro groups is 1. The molecule has 0 saturated heterocycles. The van der Waals surface area contributed by atoms with Crippen LogP contribution in [-0.2, 0) is 10.0 Å². The first-order chi connectivity index (χ1) is 19.5. The van der Waals surface area contributed by atoms with Crippen molar-refractivity contribution in [2.24, 2.45) is 23.2 Å². The highest BCUT2D eigenvalue weighted by atomic mass is 32.2. The smallest absolute Gasteiger partial charge is 0.293 e. The van der Waals surface area contributed by atoms with E-state index in [-0.39, 0.29) is 32.9 Å². The summed E-state index contributed by atoms with van der Waals surface area (Å²) >= 11 is 0. The van der Waals surface area contributed by atoms with Crippen LogP contribution in [0.1, 0.15) is 48.9 Å². The minimum Gasteiger partial charge on any atom is -0.398 e. The van der Waals surface area contributed by atoms with Crippen LogP contribution in [0.15, 0.2) is 65.6 Å². The highest BCUT2D eigenvalue weighted by Gasteiger charge is 2.50. The molecule has 0 heterocycles. The van der Waals surface area contributed by atoms with Gasteiger partial charge in [-0.1, -0.05) is 12.1 Å². The Bertz CT molecular complexity index is 1610. The van der Waals surface area contributed by atoms with Crippen molar-refractivity contribution in [2.45, 2.75) is 43.4 Å². The Morgan fingerprint density at radius 3 is 2.20 bits per heavy atom. The third-order valence-corrected chi connectivity index (χ3v) is 10.3. The van der Waals surface area contributed by atoms with Crippen LogP contribution in [0.4, 0.5) is 21.5 Å². The van der Waals surface area contributed by atoms with Gasteiger partial charge < -0.3 is 11.1 Å². The van der Waals surface area contributed by atoms with Gasteiger partial charge in [-0.25, -0.2) is 17.5 Å². The Balaban J connectivity index is 1.16. The summed E-state index contributed by atoms with van der Waals surface area (Å²) in [5, 5.41) is 15.2. The summed E-state index contributed by atoms with van der Waals surface area (Å²) in [4.78, 5) is 23.7. The number of anilines is 2. The average Bonchev–Trinajstić information content (AvgIpc) is 2.91. The van der Waals surface area contributed by atoms with Crippen molar-refractivity contribution in [3.8, 4) is 11.1 Å². The Morgan fingerprint density at radius 1 is 0.976 bits per heavy atom. The predicted molar refractivity (Wildman–Crippen MR) is 153 cm³/mol. The van der Waals surface area contributed by atoms with Crippen LogP contribution >= 0.6 is 0 Å². The number of carbonyl (C=O) groups is 1. The van der Waals surface area contributed by atoms with Crippen LogP contribution in [-0.4, -0.2) is 25.8 Å². The number of hydrogen-bond acceptors (Lipinski definition) is 7. The van der Waals surface area contributed by atoms with E-state index in [0.717, 1.165) is 43.1 Å². The summed E-state index contributed by atoms with van der Waals surface area (Å²) in [5.41, 5.74) is 7.40. The highest BCUT2D eigenvalue weighted by Crippen LogP contribution is 2.60. The number of nitrogens with one attached hydrogen (secondary N) is 2. The summed E-state index contributed by atoms with van der Waals surface area (Å²) in [6.45, 7) is 0.625. The van der Waals surface area contributed by atoms with E-state index in [9.17, 15) is 27.7 Å². The molecular weight excluding hydrogens is 547 g/mol. The van der Waals surface area contributed by atoms with Gasteiger partial charge in [0.1, 0.15) is 11.5 Å². The molecule has 7 rings (SSSR count). The molecule has 4 bridgehead atoms. The molecule has 0 atom stereocenters. The lowest BCUT2D eigenvalue weighted by Gasteiger charge is -2.57. The van der Waals surface area contributed by atoms with Crippen LogP contribution in [0.25, 0.3) is 11.1 Å². The van der Waals surface area contributed by atoms with E-state index in [1.165, 1.54) is 61.7 Å². The molecule has 9 nitrogen and oxygen atoms in total. The number of nitrogens with zero attached hydrogens (tertiary/aromatic N) is 1. The van der Waals surface area contributed by atoms with Gasteiger partial charge in [0, 0.05) is 29.4 Å². The molecular formula is C30H31FN4O5S. The third kappa shape index (κ3) is 5.38. The lowest BCUT2D eigenvalue weighted by molar-refractivity contribution is -0.384. The monoisotopic (exact) mass is 578 g/mol. The summed E-state index contributed by atoms with van der Waals surface area (Å²) in [6, 6.07) is 13.6. The summed E-state index contributed by atoms with van der Waals surface area (Å²) in [7, 11) is -4.40. The van der Waals surface area contributed by atoms with Crippen molar-refractivity contribution in [1.29, 1.82) is 0 Å². The number of amides is 1. The van der Waals surface area contributed by atoms with Gasteiger partial charge in [-0.05, 0) is 110 Å². The van der Waals surface area contributed by atoms with Gasteiger partial charge in [0.15, 0.2) is 0 Å².